The maximum absolute atomic E-state index is 2.46. The normalized spacial score (nSPS) is 14.2. The van der Waals surface area contributed by atoms with Gasteiger partial charge in [-0.15, -0.1) is 0 Å². The first-order valence-corrected chi connectivity index (χ1v) is 21.2. The number of benzene rings is 9. The molecule has 3 aliphatic rings. The van der Waals surface area contributed by atoms with E-state index in [2.05, 4.69) is 231 Å². The Morgan fingerprint density at radius 2 is 0.850 bits per heavy atom. The van der Waals surface area contributed by atoms with Crippen molar-refractivity contribution in [2.24, 2.45) is 0 Å². The Balaban J connectivity index is 0.993. The predicted molar refractivity (Wildman–Crippen MR) is 250 cm³/mol. The van der Waals surface area contributed by atoms with Crippen LogP contribution in [-0.2, 0) is 17.3 Å². The lowest BCUT2D eigenvalue weighted by atomic mass is 9.69. The van der Waals surface area contributed by atoms with Crippen molar-refractivity contribution < 1.29 is 0 Å². The smallest absolute Gasteiger partial charge is 0.0728 e. The monoisotopic (exact) mass is 765 g/mol. The van der Waals surface area contributed by atoms with Gasteiger partial charge in [-0.2, -0.15) is 0 Å². The summed E-state index contributed by atoms with van der Waals surface area (Å²) >= 11 is 0. The third kappa shape index (κ3) is 4.87. The van der Waals surface area contributed by atoms with E-state index in [9.17, 15) is 0 Å². The standard InChI is InChI=1S/C59H43N/c1-58(2)51-26-11-6-21-45(51)49-36-35-43(38-55(49)58)60(56-30-15-10-20-44(56)40-17-4-3-5-18-40)42-33-31-39(32-34-42)37-41-19-16-25-50-48-24-9-14-29-54(48)59(57(41)50)52-27-12-7-22-46(52)47-23-8-13-28-53(47)59/h3-36,38H,37H2,1-2H3. The molecule has 0 bridgehead atoms. The van der Waals surface area contributed by atoms with Gasteiger partial charge in [0.2, 0.25) is 0 Å². The fraction of sp³-hybridized carbons (Fsp3) is 0.0847. The van der Waals surface area contributed by atoms with E-state index in [4.69, 9.17) is 0 Å². The minimum Gasteiger partial charge on any atom is -0.310 e. The first kappa shape index (κ1) is 34.8. The van der Waals surface area contributed by atoms with E-state index in [1.165, 1.54) is 89.0 Å². The molecular formula is C59H43N. The van der Waals surface area contributed by atoms with E-state index >= 15 is 0 Å². The van der Waals surface area contributed by atoms with E-state index in [1.807, 2.05) is 0 Å². The van der Waals surface area contributed by atoms with Crippen LogP contribution in [0.5, 0.6) is 0 Å². The highest BCUT2D eigenvalue weighted by molar-refractivity contribution is 5.96. The molecule has 0 atom stereocenters. The fourth-order valence-electron chi connectivity index (χ4n) is 11.2. The Morgan fingerprint density at radius 3 is 1.50 bits per heavy atom. The third-order valence-electron chi connectivity index (χ3n) is 13.7. The van der Waals surface area contributed by atoms with Crippen molar-refractivity contribution in [1.82, 2.24) is 0 Å². The van der Waals surface area contributed by atoms with Crippen LogP contribution >= 0.6 is 0 Å². The van der Waals surface area contributed by atoms with Gasteiger partial charge in [0.05, 0.1) is 11.1 Å². The van der Waals surface area contributed by atoms with Crippen LogP contribution in [0.3, 0.4) is 0 Å². The molecule has 1 heteroatoms. The Kier molecular flexibility index (Phi) is 7.62. The highest BCUT2D eigenvalue weighted by atomic mass is 15.1. The van der Waals surface area contributed by atoms with Crippen LogP contribution in [0.15, 0.2) is 212 Å². The molecule has 0 N–H and O–H groups in total. The van der Waals surface area contributed by atoms with Gasteiger partial charge in [0, 0.05) is 22.4 Å². The molecule has 60 heavy (non-hydrogen) atoms. The minimum atomic E-state index is -0.366. The third-order valence-corrected chi connectivity index (χ3v) is 13.7. The van der Waals surface area contributed by atoms with Gasteiger partial charge >= 0.3 is 0 Å². The summed E-state index contributed by atoms with van der Waals surface area (Å²) in [5.74, 6) is 0. The van der Waals surface area contributed by atoms with Crippen LogP contribution in [0.1, 0.15) is 58.4 Å². The van der Waals surface area contributed by atoms with Gasteiger partial charge in [-0.25, -0.2) is 0 Å². The van der Waals surface area contributed by atoms with Gasteiger partial charge in [-0.3, -0.25) is 0 Å². The summed E-state index contributed by atoms with van der Waals surface area (Å²) < 4.78 is 0. The summed E-state index contributed by atoms with van der Waals surface area (Å²) in [7, 11) is 0. The number of rotatable bonds is 6. The molecule has 3 aliphatic carbocycles. The van der Waals surface area contributed by atoms with Crippen molar-refractivity contribution in [3.05, 3.63) is 257 Å². The van der Waals surface area contributed by atoms with Crippen LogP contribution in [0.2, 0.25) is 0 Å². The van der Waals surface area contributed by atoms with Crippen LogP contribution in [0.25, 0.3) is 44.5 Å². The second-order valence-corrected chi connectivity index (χ2v) is 17.2. The van der Waals surface area contributed by atoms with Gasteiger partial charge in [-0.1, -0.05) is 196 Å². The number of anilines is 3. The van der Waals surface area contributed by atoms with Crippen molar-refractivity contribution >= 4 is 17.1 Å². The van der Waals surface area contributed by atoms with Gasteiger partial charge < -0.3 is 4.90 Å². The lowest BCUT2D eigenvalue weighted by Crippen LogP contribution is -2.27. The summed E-state index contributed by atoms with van der Waals surface area (Å²) in [4.78, 5) is 2.46. The molecule has 0 saturated carbocycles. The summed E-state index contributed by atoms with van der Waals surface area (Å²) in [6.45, 7) is 4.73. The highest BCUT2D eigenvalue weighted by Gasteiger charge is 2.52. The quantitative estimate of drug-likeness (QED) is 0.163. The number of para-hydroxylation sites is 1. The maximum Gasteiger partial charge on any atom is 0.0728 e. The van der Waals surface area contributed by atoms with E-state index in [0.717, 1.165) is 23.5 Å². The van der Waals surface area contributed by atoms with Crippen LogP contribution in [0, 0.1) is 0 Å². The highest BCUT2D eigenvalue weighted by Crippen LogP contribution is 2.63. The van der Waals surface area contributed by atoms with E-state index in [-0.39, 0.29) is 10.8 Å². The Labute approximate surface area is 352 Å². The molecule has 0 aliphatic heterocycles. The molecule has 1 nitrogen and oxygen atoms in total. The average Bonchev–Trinajstić information content (AvgIpc) is 3.86. The van der Waals surface area contributed by atoms with E-state index in [1.54, 1.807) is 0 Å². The number of hydrogen-bond acceptors (Lipinski definition) is 1. The van der Waals surface area contributed by atoms with Crippen LogP contribution in [0.4, 0.5) is 17.1 Å². The molecule has 0 unspecified atom stereocenters. The molecule has 9 aromatic rings. The van der Waals surface area contributed by atoms with E-state index < -0.39 is 0 Å². The van der Waals surface area contributed by atoms with Crippen molar-refractivity contribution in [3.63, 3.8) is 0 Å². The summed E-state index contributed by atoms with van der Waals surface area (Å²) in [5.41, 5.74) is 24.4. The van der Waals surface area contributed by atoms with Crippen LogP contribution in [-0.4, -0.2) is 0 Å². The van der Waals surface area contributed by atoms with Gasteiger partial charge in [-0.05, 0) is 120 Å². The van der Waals surface area contributed by atoms with Crippen molar-refractivity contribution in [2.75, 3.05) is 4.90 Å². The lowest BCUT2D eigenvalue weighted by Gasteiger charge is -2.32. The molecule has 9 aromatic carbocycles. The Bertz CT molecular complexity index is 3090. The zero-order valence-corrected chi connectivity index (χ0v) is 33.9. The summed E-state index contributed by atoms with van der Waals surface area (Å²) in [5, 5.41) is 0. The summed E-state index contributed by atoms with van der Waals surface area (Å²) in [6, 6.07) is 79.3. The molecule has 0 saturated heterocycles. The molecule has 1 spiro atoms. The largest absolute Gasteiger partial charge is 0.310 e. The molecule has 0 fully saturated rings. The maximum atomic E-state index is 2.46. The number of nitrogens with zero attached hydrogens (tertiary/aromatic N) is 1. The van der Waals surface area contributed by atoms with Gasteiger partial charge in [0.25, 0.3) is 0 Å². The second kappa shape index (κ2) is 13.1. The molecule has 0 radical (unpaired) electrons. The fourth-order valence-corrected chi connectivity index (χ4v) is 11.2. The van der Waals surface area contributed by atoms with Crippen molar-refractivity contribution in [1.29, 1.82) is 0 Å². The molecule has 0 aromatic heterocycles. The summed E-state index contributed by atoms with van der Waals surface area (Å²) in [6.07, 6.45) is 0.829. The zero-order valence-electron chi connectivity index (χ0n) is 33.9. The molecule has 0 heterocycles. The lowest BCUT2D eigenvalue weighted by molar-refractivity contribution is 0.660. The van der Waals surface area contributed by atoms with E-state index in [0.29, 0.717) is 0 Å². The minimum absolute atomic E-state index is 0.107. The SMILES string of the molecule is CC1(C)c2ccccc2-c2ccc(N(c3ccc(Cc4cccc5c4C4(c6ccccc6-c6ccccc64)c4ccccc4-5)cc3)c3ccccc3-c3ccccc3)cc21. The van der Waals surface area contributed by atoms with Crippen molar-refractivity contribution in [3.8, 4) is 44.5 Å². The molecular weight excluding hydrogens is 723 g/mol. The van der Waals surface area contributed by atoms with Gasteiger partial charge in [0.1, 0.15) is 0 Å². The average molecular weight is 766 g/mol. The number of fused-ring (bicyclic) bond motifs is 13. The first-order chi connectivity index (χ1) is 29.5. The van der Waals surface area contributed by atoms with Crippen LogP contribution < -0.4 is 4.90 Å². The topological polar surface area (TPSA) is 3.24 Å². The Hall–Kier alpha value is -7.22. The Morgan fingerprint density at radius 1 is 0.367 bits per heavy atom. The first-order valence-electron chi connectivity index (χ1n) is 21.2. The van der Waals surface area contributed by atoms with Gasteiger partial charge in [0.15, 0.2) is 0 Å². The number of hydrogen-bond donors (Lipinski definition) is 0. The van der Waals surface area contributed by atoms with Crippen molar-refractivity contribution in [2.45, 2.75) is 31.1 Å². The zero-order chi connectivity index (χ0) is 40.0. The molecule has 284 valence electrons. The predicted octanol–water partition coefficient (Wildman–Crippen LogP) is 15.1. The molecule has 12 rings (SSSR count). The second-order valence-electron chi connectivity index (χ2n) is 17.2. The molecule has 0 amide bonds.